The van der Waals surface area contributed by atoms with Crippen LogP contribution < -0.4 is 4.74 Å². The Kier molecular flexibility index (Phi) is 4.76. The molecule has 0 unspecified atom stereocenters. The summed E-state index contributed by atoms with van der Waals surface area (Å²) in [6.45, 7) is -0.317. The van der Waals surface area contributed by atoms with E-state index in [1.807, 2.05) is 0 Å². The average Bonchev–Trinajstić information content (AvgIpc) is 3.21. The van der Waals surface area contributed by atoms with Crippen LogP contribution in [0.5, 0.6) is 11.6 Å². The number of rotatable bonds is 5. The Labute approximate surface area is 143 Å². The number of H-pyrrole nitrogens is 1. The first-order valence-corrected chi connectivity index (χ1v) is 9.23. The van der Waals surface area contributed by atoms with E-state index in [4.69, 9.17) is 21.4 Å². The predicted molar refractivity (Wildman–Crippen MR) is 87.2 cm³/mol. The van der Waals surface area contributed by atoms with Gasteiger partial charge in [-0.15, -0.1) is 5.10 Å². The van der Waals surface area contributed by atoms with Crippen LogP contribution in [0.15, 0.2) is 18.2 Å². The first-order valence-electron chi connectivity index (χ1n) is 7.20. The molecule has 126 valence electrons. The topological polar surface area (TPSA) is 105 Å². The van der Waals surface area contributed by atoms with Gasteiger partial charge in [-0.3, -0.25) is 0 Å². The first-order chi connectivity index (χ1) is 11.5. The Bertz CT molecular complexity index is 910. The number of sulfone groups is 1. The smallest absolute Gasteiger partial charge is 0.264 e. The zero-order valence-electron chi connectivity index (χ0n) is 12.5. The number of hydrogen-bond acceptors (Lipinski definition) is 6. The molecule has 0 spiro atoms. The quantitative estimate of drug-likeness (QED) is 0.782. The molecule has 7 nitrogen and oxygen atoms in total. The molecular weight excluding hydrogens is 354 g/mol. The molecule has 0 bridgehead atoms. The maximum Gasteiger partial charge on any atom is 0.264 e. The lowest BCUT2D eigenvalue weighted by Gasteiger charge is -2.04. The highest BCUT2D eigenvalue weighted by Crippen LogP contribution is 2.30. The Balaban J connectivity index is 1.75. The molecular formula is C15H14ClN3O4S. The van der Waals surface area contributed by atoms with Crippen LogP contribution in [-0.4, -0.2) is 34.7 Å². The average molecular weight is 368 g/mol. The lowest BCUT2D eigenvalue weighted by Crippen LogP contribution is -2.04. The number of benzene rings is 1. The van der Waals surface area contributed by atoms with E-state index >= 15 is 0 Å². The van der Waals surface area contributed by atoms with Crippen LogP contribution in [0.3, 0.4) is 0 Å². The summed E-state index contributed by atoms with van der Waals surface area (Å²) in [4.78, 5) is 0. The van der Waals surface area contributed by atoms with Crippen molar-refractivity contribution in [2.75, 3.05) is 5.75 Å². The minimum absolute atomic E-state index is 0.106. The third kappa shape index (κ3) is 4.26. The van der Waals surface area contributed by atoms with Crippen molar-refractivity contribution in [3.63, 3.8) is 0 Å². The monoisotopic (exact) mass is 367 g/mol. The number of hydrogen-bond donors (Lipinski definition) is 2. The van der Waals surface area contributed by atoms with Crippen LogP contribution >= 0.6 is 11.6 Å². The van der Waals surface area contributed by atoms with Crippen molar-refractivity contribution < 1.29 is 18.3 Å². The fraction of sp³-hybridized carbons (Fsp3) is 0.333. The SMILES string of the molecule is O=S(=O)(C#Cc1ccc(Oc2n[nH]nc2CO)cc1Cl)CC1CC1. The fourth-order valence-corrected chi connectivity index (χ4v) is 3.49. The molecule has 24 heavy (non-hydrogen) atoms. The van der Waals surface area contributed by atoms with Crippen molar-refractivity contribution in [1.82, 2.24) is 15.4 Å². The van der Waals surface area contributed by atoms with Gasteiger partial charge in [0.1, 0.15) is 5.75 Å². The maximum absolute atomic E-state index is 11.8. The molecule has 1 aromatic heterocycles. The van der Waals surface area contributed by atoms with Crippen molar-refractivity contribution >= 4 is 21.4 Å². The van der Waals surface area contributed by atoms with Crippen molar-refractivity contribution in [3.8, 4) is 22.8 Å². The zero-order valence-corrected chi connectivity index (χ0v) is 14.1. The molecule has 1 heterocycles. The Morgan fingerprint density at radius 3 is 2.83 bits per heavy atom. The van der Waals surface area contributed by atoms with E-state index in [0.717, 1.165) is 12.8 Å². The van der Waals surface area contributed by atoms with Gasteiger partial charge in [-0.2, -0.15) is 10.3 Å². The number of aliphatic hydroxyl groups is 1. The van der Waals surface area contributed by atoms with E-state index in [2.05, 4.69) is 26.6 Å². The molecule has 0 radical (unpaired) electrons. The minimum Gasteiger partial charge on any atom is -0.436 e. The highest BCUT2D eigenvalue weighted by molar-refractivity contribution is 7.96. The van der Waals surface area contributed by atoms with Gasteiger partial charge in [-0.1, -0.05) is 11.6 Å². The Morgan fingerprint density at radius 2 is 2.17 bits per heavy atom. The highest BCUT2D eigenvalue weighted by Gasteiger charge is 2.26. The number of aliphatic hydroxyl groups excluding tert-OH is 1. The third-order valence-corrected chi connectivity index (χ3v) is 5.02. The van der Waals surface area contributed by atoms with Gasteiger partial charge in [-0.05, 0) is 36.8 Å². The van der Waals surface area contributed by atoms with Gasteiger partial charge in [-0.25, -0.2) is 8.42 Å². The first kappa shape index (κ1) is 16.8. The van der Waals surface area contributed by atoms with E-state index < -0.39 is 9.84 Å². The van der Waals surface area contributed by atoms with Crippen LogP contribution in [0.1, 0.15) is 24.1 Å². The summed E-state index contributed by atoms with van der Waals surface area (Å²) in [5.74, 6) is 3.46. The van der Waals surface area contributed by atoms with Crippen LogP contribution in [0.4, 0.5) is 0 Å². The highest BCUT2D eigenvalue weighted by atomic mass is 35.5. The normalized spacial score (nSPS) is 14.1. The Hall–Kier alpha value is -2.08. The molecule has 1 fully saturated rings. The second kappa shape index (κ2) is 6.81. The van der Waals surface area contributed by atoms with Gasteiger partial charge in [0.15, 0.2) is 5.69 Å². The summed E-state index contributed by atoms with van der Waals surface area (Å²) in [7, 11) is -3.39. The van der Waals surface area contributed by atoms with Gasteiger partial charge in [0, 0.05) is 16.9 Å². The molecule has 1 aromatic carbocycles. The van der Waals surface area contributed by atoms with E-state index in [1.54, 1.807) is 12.1 Å². The maximum atomic E-state index is 11.8. The van der Waals surface area contributed by atoms with Crippen LogP contribution in [-0.2, 0) is 16.4 Å². The molecule has 0 amide bonds. The van der Waals surface area contributed by atoms with Crippen molar-refractivity contribution in [2.24, 2.45) is 5.92 Å². The summed E-state index contributed by atoms with van der Waals surface area (Å²) in [5.41, 5.74) is 0.659. The van der Waals surface area contributed by atoms with Gasteiger partial charge >= 0.3 is 0 Å². The van der Waals surface area contributed by atoms with E-state index in [-0.39, 0.29) is 34.9 Å². The van der Waals surface area contributed by atoms with Crippen LogP contribution in [0.25, 0.3) is 0 Å². The summed E-state index contributed by atoms with van der Waals surface area (Å²) >= 11 is 6.12. The number of nitrogens with one attached hydrogen (secondary N) is 1. The number of aromatic amines is 1. The van der Waals surface area contributed by atoms with Gasteiger partial charge in [0.05, 0.1) is 17.4 Å². The molecule has 1 aliphatic carbocycles. The molecule has 0 aliphatic heterocycles. The minimum atomic E-state index is -3.39. The summed E-state index contributed by atoms with van der Waals surface area (Å²) in [6, 6.07) is 4.64. The summed E-state index contributed by atoms with van der Waals surface area (Å²) < 4.78 is 29.1. The van der Waals surface area contributed by atoms with E-state index in [0.29, 0.717) is 11.3 Å². The lowest BCUT2D eigenvalue weighted by atomic mass is 10.2. The largest absolute Gasteiger partial charge is 0.436 e. The van der Waals surface area contributed by atoms with Crippen molar-refractivity contribution in [1.29, 1.82) is 0 Å². The summed E-state index contributed by atoms with van der Waals surface area (Å²) in [5, 5.41) is 21.5. The van der Waals surface area contributed by atoms with Crippen LogP contribution in [0, 0.1) is 17.1 Å². The van der Waals surface area contributed by atoms with Crippen molar-refractivity contribution in [3.05, 3.63) is 34.5 Å². The number of nitrogens with zero attached hydrogens (tertiary/aromatic N) is 2. The third-order valence-electron chi connectivity index (χ3n) is 3.38. The van der Waals surface area contributed by atoms with E-state index in [1.165, 1.54) is 6.07 Å². The molecule has 1 aliphatic rings. The van der Waals surface area contributed by atoms with Gasteiger partial charge in [0.2, 0.25) is 9.84 Å². The fourth-order valence-electron chi connectivity index (χ4n) is 1.97. The molecule has 0 saturated heterocycles. The van der Waals surface area contributed by atoms with Crippen molar-refractivity contribution in [2.45, 2.75) is 19.4 Å². The van der Waals surface area contributed by atoms with Gasteiger partial charge in [0.25, 0.3) is 5.88 Å². The Morgan fingerprint density at radius 1 is 1.38 bits per heavy atom. The second-order valence-electron chi connectivity index (χ2n) is 5.43. The number of aromatic nitrogens is 3. The molecule has 9 heteroatoms. The second-order valence-corrected chi connectivity index (χ2v) is 7.60. The molecule has 3 rings (SSSR count). The number of ether oxygens (including phenoxy) is 1. The van der Waals surface area contributed by atoms with Gasteiger partial charge < -0.3 is 9.84 Å². The predicted octanol–water partition coefficient (Wildman–Crippen LogP) is 1.88. The lowest BCUT2D eigenvalue weighted by molar-refractivity contribution is 0.271. The van der Waals surface area contributed by atoms with E-state index in [9.17, 15) is 8.42 Å². The van der Waals surface area contributed by atoms with Crippen LogP contribution in [0.2, 0.25) is 5.02 Å². The number of halogens is 1. The molecule has 2 N–H and O–H groups in total. The standard InChI is InChI=1S/C15H14ClN3O4S/c16-13-7-12(23-15-14(8-20)17-19-18-15)4-3-11(13)5-6-24(21,22)9-10-1-2-10/h3-4,7,10,20H,1-2,8-9H2,(H,17,18,19). The summed E-state index contributed by atoms with van der Waals surface area (Å²) in [6.07, 6.45) is 1.90. The molecule has 2 aromatic rings. The molecule has 1 saturated carbocycles. The zero-order chi connectivity index (χ0) is 17.2. The molecule has 0 atom stereocenters.